The van der Waals surface area contributed by atoms with Gasteiger partial charge in [-0.25, -0.2) is 17.6 Å². The number of benzene rings is 1. The summed E-state index contributed by atoms with van der Waals surface area (Å²) in [4.78, 5) is 0. The summed E-state index contributed by atoms with van der Waals surface area (Å²) < 4.78 is 53.1. The third-order valence-corrected chi connectivity index (χ3v) is 2.83. The van der Waals surface area contributed by atoms with Crippen LogP contribution in [0.3, 0.4) is 0 Å². The van der Waals surface area contributed by atoms with Crippen LogP contribution in [0.25, 0.3) is 0 Å². The van der Waals surface area contributed by atoms with Crippen LogP contribution in [0.15, 0.2) is 12.1 Å². The maximum Gasteiger partial charge on any atom is 0.229 e. The largest absolute Gasteiger partial charge is 0.417 e. The van der Waals surface area contributed by atoms with Crippen molar-refractivity contribution in [3.8, 4) is 0 Å². The molecule has 0 amide bonds. The predicted octanol–water partition coefficient (Wildman–Crippen LogP) is 3.08. The Balaban J connectivity index is 0.000000181. The molecular formula is C10H10F4OSi. The van der Waals surface area contributed by atoms with E-state index in [0.29, 0.717) is 12.1 Å². The number of rotatable bonds is 0. The summed E-state index contributed by atoms with van der Waals surface area (Å²) in [5.41, 5.74) is 0. The standard InChI is InChI=1S/C6H2F4.C4H8OSi/c7-3-1-2-4(8)6(10)5(3)9;1-2-4-6-5-3-1/h1-2H;1-4H2. The lowest BCUT2D eigenvalue weighted by Gasteiger charge is -2.06. The van der Waals surface area contributed by atoms with Crippen molar-refractivity contribution in [1.29, 1.82) is 0 Å². The molecule has 0 saturated carbocycles. The molecule has 16 heavy (non-hydrogen) atoms. The van der Waals surface area contributed by atoms with Gasteiger partial charge in [0.05, 0.1) is 0 Å². The Labute approximate surface area is 93.4 Å². The van der Waals surface area contributed by atoms with Gasteiger partial charge in [0, 0.05) is 6.61 Å². The van der Waals surface area contributed by atoms with Gasteiger partial charge < -0.3 is 4.43 Å². The number of hydrogen-bond acceptors (Lipinski definition) is 1. The lowest BCUT2D eigenvalue weighted by molar-refractivity contribution is 0.304. The SMILES string of the molecule is C1CC[Si]OC1.Fc1ccc(F)c(F)c1F. The fourth-order valence-electron chi connectivity index (χ4n) is 1.02. The van der Waals surface area contributed by atoms with E-state index in [4.69, 9.17) is 4.43 Å². The first-order valence-corrected chi connectivity index (χ1v) is 5.88. The predicted molar refractivity (Wildman–Crippen MR) is 52.0 cm³/mol. The van der Waals surface area contributed by atoms with E-state index >= 15 is 0 Å². The maximum absolute atomic E-state index is 12.0. The van der Waals surface area contributed by atoms with Gasteiger partial charge in [0.15, 0.2) is 23.3 Å². The fraction of sp³-hybridized carbons (Fsp3) is 0.400. The summed E-state index contributed by atoms with van der Waals surface area (Å²) in [7, 11) is 0.802. The topological polar surface area (TPSA) is 9.23 Å². The third kappa shape index (κ3) is 3.94. The van der Waals surface area contributed by atoms with Gasteiger partial charge in [-0.3, -0.25) is 0 Å². The summed E-state index contributed by atoms with van der Waals surface area (Å²) in [5, 5.41) is 0. The maximum atomic E-state index is 12.0. The van der Waals surface area contributed by atoms with E-state index in [1.807, 2.05) is 0 Å². The van der Waals surface area contributed by atoms with Crippen LogP contribution in [-0.2, 0) is 4.43 Å². The summed E-state index contributed by atoms with van der Waals surface area (Å²) >= 11 is 0. The van der Waals surface area contributed by atoms with Crippen LogP contribution < -0.4 is 0 Å². The zero-order valence-corrected chi connectivity index (χ0v) is 9.40. The van der Waals surface area contributed by atoms with Crippen molar-refractivity contribution in [3.63, 3.8) is 0 Å². The van der Waals surface area contributed by atoms with Gasteiger partial charge in [0.2, 0.25) is 9.76 Å². The summed E-state index contributed by atoms with van der Waals surface area (Å²) in [6.07, 6.45) is 2.67. The molecule has 0 N–H and O–H groups in total. The molecule has 2 radical (unpaired) electrons. The molecule has 1 nitrogen and oxygen atoms in total. The van der Waals surface area contributed by atoms with Crippen molar-refractivity contribution in [2.24, 2.45) is 0 Å². The van der Waals surface area contributed by atoms with Crippen LogP contribution in [-0.4, -0.2) is 16.4 Å². The van der Waals surface area contributed by atoms with E-state index < -0.39 is 23.3 Å². The second-order valence-corrected chi connectivity index (χ2v) is 4.18. The van der Waals surface area contributed by atoms with Gasteiger partial charge in [-0.2, -0.15) is 0 Å². The normalized spacial score (nSPS) is 15.2. The van der Waals surface area contributed by atoms with Crippen LogP contribution in [0.5, 0.6) is 0 Å². The first-order chi connectivity index (χ1) is 7.63. The van der Waals surface area contributed by atoms with Crippen molar-refractivity contribution >= 4 is 9.76 Å². The summed E-state index contributed by atoms with van der Waals surface area (Å²) in [6, 6.07) is 2.35. The molecule has 1 fully saturated rings. The van der Waals surface area contributed by atoms with Crippen LogP contribution >= 0.6 is 0 Å². The highest BCUT2D eigenvalue weighted by atomic mass is 28.2. The Hall–Kier alpha value is -0.883. The van der Waals surface area contributed by atoms with Gasteiger partial charge in [-0.05, 0) is 24.6 Å². The smallest absolute Gasteiger partial charge is 0.229 e. The van der Waals surface area contributed by atoms with Gasteiger partial charge in [0.25, 0.3) is 0 Å². The highest BCUT2D eigenvalue weighted by Gasteiger charge is 2.11. The van der Waals surface area contributed by atoms with Crippen LogP contribution in [0.2, 0.25) is 6.04 Å². The summed E-state index contributed by atoms with van der Waals surface area (Å²) in [6.45, 7) is 1.01. The zero-order chi connectivity index (χ0) is 12.0. The molecule has 1 aliphatic heterocycles. The van der Waals surface area contributed by atoms with Crippen LogP contribution in [0, 0.1) is 23.3 Å². The van der Waals surface area contributed by atoms with Crippen LogP contribution in [0.4, 0.5) is 17.6 Å². The Bertz CT molecular complexity index is 303. The van der Waals surface area contributed by atoms with E-state index in [0.717, 1.165) is 16.4 Å². The van der Waals surface area contributed by atoms with Gasteiger partial charge in [-0.1, -0.05) is 6.42 Å². The first kappa shape index (κ1) is 13.2. The molecule has 1 saturated heterocycles. The molecule has 1 aromatic rings. The quantitative estimate of drug-likeness (QED) is 0.297. The molecule has 6 heteroatoms. The molecule has 0 spiro atoms. The molecule has 1 aliphatic rings. The van der Waals surface area contributed by atoms with E-state index in [1.54, 1.807) is 0 Å². The molecule has 0 unspecified atom stereocenters. The zero-order valence-electron chi connectivity index (χ0n) is 8.40. The molecule has 1 aromatic carbocycles. The Morgan fingerprint density at radius 3 is 1.75 bits per heavy atom. The molecular weight excluding hydrogens is 240 g/mol. The van der Waals surface area contributed by atoms with E-state index in [1.165, 1.54) is 18.9 Å². The van der Waals surface area contributed by atoms with E-state index in [9.17, 15) is 17.6 Å². The molecule has 2 rings (SSSR count). The average Bonchev–Trinajstić information content (AvgIpc) is 2.35. The third-order valence-electron chi connectivity index (χ3n) is 1.87. The minimum atomic E-state index is -1.78. The molecule has 0 aliphatic carbocycles. The Kier molecular flexibility index (Phi) is 5.48. The number of halogens is 4. The Morgan fingerprint density at radius 2 is 1.50 bits per heavy atom. The minimum Gasteiger partial charge on any atom is -0.417 e. The van der Waals surface area contributed by atoms with Crippen molar-refractivity contribution in [2.75, 3.05) is 6.61 Å². The lowest BCUT2D eigenvalue weighted by atomic mass is 10.3. The molecule has 1 heterocycles. The van der Waals surface area contributed by atoms with Gasteiger partial charge in [0.1, 0.15) is 0 Å². The van der Waals surface area contributed by atoms with Crippen molar-refractivity contribution in [3.05, 3.63) is 35.4 Å². The minimum absolute atomic E-state index is 0.522. The molecule has 0 bridgehead atoms. The Morgan fingerprint density at radius 1 is 0.938 bits per heavy atom. The average molecular weight is 250 g/mol. The molecule has 0 atom stereocenters. The van der Waals surface area contributed by atoms with E-state index in [-0.39, 0.29) is 0 Å². The van der Waals surface area contributed by atoms with Crippen molar-refractivity contribution in [2.45, 2.75) is 18.9 Å². The monoisotopic (exact) mass is 250 g/mol. The molecule has 88 valence electrons. The first-order valence-electron chi connectivity index (χ1n) is 4.76. The highest BCUT2D eigenvalue weighted by Crippen LogP contribution is 2.12. The fourth-order valence-corrected chi connectivity index (χ4v) is 1.85. The van der Waals surface area contributed by atoms with Crippen molar-refractivity contribution < 1.29 is 22.0 Å². The second kappa shape index (κ2) is 6.65. The van der Waals surface area contributed by atoms with E-state index in [2.05, 4.69) is 0 Å². The highest BCUT2D eigenvalue weighted by molar-refractivity contribution is 6.27. The van der Waals surface area contributed by atoms with Crippen molar-refractivity contribution in [1.82, 2.24) is 0 Å². The van der Waals surface area contributed by atoms with Gasteiger partial charge >= 0.3 is 0 Å². The number of hydrogen-bond donors (Lipinski definition) is 0. The van der Waals surface area contributed by atoms with Gasteiger partial charge in [-0.15, -0.1) is 0 Å². The second-order valence-electron chi connectivity index (χ2n) is 3.11. The summed E-state index contributed by atoms with van der Waals surface area (Å²) in [5.74, 6) is -6.34. The van der Waals surface area contributed by atoms with Crippen LogP contribution in [0.1, 0.15) is 12.8 Å². The lowest BCUT2D eigenvalue weighted by Crippen LogP contribution is -2.06. The molecule has 0 aromatic heterocycles.